The summed E-state index contributed by atoms with van der Waals surface area (Å²) in [6.07, 6.45) is 1.69. The highest BCUT2D eigenvalue weighted by atomic mass is 35.5. The minimum Gasteiger partial charge on any atom is -0.302 e. The van der Waals surface area contributed by atoms with Gasteiger partial charge in [0.2, 0.25) is 0 Å². The van der Waals surface area contributed by atoms with E-state index in [9.17, 15) is 4.79 Å². The van der Waals surface area contributed by atoms with Crippen molar-refractivity contribution >= 4 is 17.9 Å². The van der Waals surface area contributed by atoms with E-state index in [4.69, 9.17) is 11.6 Å². The third-order valence-electron chi connectivity index (χ3n) is 3.40. The van der Waals surface area contributed by atoms with Gasteiger partial charge < -0.3 is 4.79 Å². The molecule has 0 bridgehead atoms. The van der Waals surface area contributed by atoms with Crippen molar-refractivity contribution in [3.05, 3.63) is 70.2 Å². The summed E-state index contributed by atoms with van der Waals surface area (Å²) in [5, 5.41) is 0.662. The van der Waals surface area contributed by atoms with Gasteiger partial charge >= 0.3 is 0 Å². The standard InChI is InChI=1S/C17H17ClO/c1-13-5-3-6-14(9-13)11-17(2,12-19)15-7-4-8-16(18)10-15/h3-10,12H,11H2,1-2H3. The van der Waals surface area contributed by atoms with Gasteiger partial charge in [0, 0.05) is 5.02 Å². The van der Waals surface area contributed by atoms with Gasteiger partial charge in [-0.25, -0.2) is 0 Å². The van der Waals surface area contributed by atoms with E-state index < -0.39 is 5.41 Å². The molecular weight excluding hydrogens is 256 g/mol. The first-order valence-corrected chi connectivity index (χ1v) is 6.69. The van der Waals surface area contributed by atoms with Gasteiger partial charge in [-0.1, -0.05) is 53.6 Å². The normalized spacial score (nSPS) is 13.8. The summed E-state index contributed by atoms with van der Waals surface area (Å²) in [7, 11) is 0. The van der Waals surface area contributed by atoms with Crippen molar-refractivity contribution < 1.29 is 4.79 Å². The fourth-order valence-corrected chi connectivity index (χ4v) is 2.49. The van der Waals surface area contributed by atoms with Crippen LogP contribution in [-0.4, -0.2) is 6.29 Å². The average molecular weight is 273 g/mol. The Morgan fingerprint density at radius 1 is 1.16 bits per heavy atom. The largest absolute Gasteiger partial charge is 0.302 e. The fraction of sp³-hybridized carbons (Fsp3) is 0.235. The zero-order chi connectivity index (χ0) is 13.9. The van der Waals surface area contributed by atoms with Crippen molar-refractivity contribution in [2.75, 3.05) is 0 Å². The molecule has 0 fully saturated rings. The van der Waals surface area contributed by atoms with Crippen molar-refractivity contribution in [2.24, 2.45) is 0 Å². The molecule has 0 aliphatic rings. The van der Waals surface area contributed by atoms with E-state index in [2.05, 4.69) is 25.1 Å². The molecule has 0 saturated heterocycles. The Balaban J connectivity index is 2.35. The van der Waals surface area contributed by atoms with Crippen LogP contribution in [0.25, 0.3) is 0 Å². The van der Waals surface area contributed by atoms with Crippen molar-refractivity contribution in [1.29, 1.82) is 0 Å². The Morgan fingerprint density at radius 2 is 1.89 bits per heavy atom. The van der Waals surface area contributed by atoms with Gasteiger partial charge in [0.25, 0.3) is 0 Å². The van der Waals surface area contributed by atoms with Crippen LogP contribution < -0.4 is 0 Å². The topological polar surface area (TPSA) is 17.1 Å². The summed E-state index contributed by atoms with van der Waals surface area (Å²) in [6.45, 7) is 4.01. The van der Waals surface area contributed by atoms with E-state index in [-0.39, 0.29) is 0 Å². The molecule has 0 saturated carbocycles. The molecule has 2 rings (SSSR count). The second-order valence-electron chi connectivity index (χ2n) is 5.21. The van der Waals surface area contributed by atoms with Gasteiger partial charge in [0.15, 0.2) is 0 Å². The third-order valence-corrected chi connectivity index (χ3v) is 3.63. The molecule has 19 heavy (non-hydrogen) atoms. The summed E-state index contributed by atoms with van der Waals surface area (Å²) in [6, 6.07) is 15.8. The molecule has 0 aliphatic carbocycles. The summed E-state index contributed by atoms with van der Waals surface area (Å²) in [5.41, 5.74) is 2.78. The van der Waals surface area contributed by atoms with Crippen LogP contribution in [-0.2, 0) is 16.6 Å². The maximum atomic E-state index is 11.6. The number of rotatable bonds is 4. The predicted octanol–water partition coefficient (Wildman–Crippen LogP) is 4.35. The minimum absolute atomic E-state index is 0.543. The zero-order valence-corrected chi connectivity index (χ0v) is 11.9. The minimum atomic E-state index is -0.543. The Morgan fingerprint density at radius 3 is 2.53 bits per heavy atom. The van der Waals surface area contributed by atoms with E-state index in [0.717, 1.165) is 17.4 Å². The van der Waals surface area contributed by atoms with E-state index in [1.54, 1.807) is 0 Å². The molecule has 1 nitrogen and oxygen atoms in total. The lowest BCUT2D eigenvalue weighted by Crippen LogP contribution is -2.26. The van der Waals surface area contributed by atoms with E-state index >= 15 is 0 Å². The number of carbonyl (C=O) groups is 1. The van der Waals surface area contributed by atoms with E-state index in [0.29, 0.717) is 11.4 Å². The Hall–Kier alpha value is -1.60. The molecule has 1 unspecified atom stereocenters. The predicted molar refractivity (Wildman–Crippen MR) is 79.8 cm³/mol. The van der Waals surface area contributed by atoms with Gasteiger partial charge in [-0.15, -0.1) is 0 Å². The van der Waals surface area contributed by atoms with Crippen LogP contribution >= 0.6 is 11.6 Å². The first-order valence-electron chi connectivity index (χ1n) is 6.31. The molecule has 0 heterocycles. The van der Waals surface area contributed by atoms with Gasteiger partial charge in [-0.3, -0.25) is 0 Å². The highest BCUT2D eigenvalue weighted by Gasteiger charge is 2.26. The number of aldehydes is 1. The molecular formula is C17H17ClO. The SMILES string of the molecule is Cc1cccc(CC(C)(C=O)c2cccc(Cl)c2)c1. The lowest BCUT2D eigenvalue weighted by Gasteiger charge is -2.24. The summed E-state index contributed by atoms with van der Waals surface area (Å²) in [5.74, 6) is 0. The van der Waals surface area contributed by atoms with Crippen molar-refractivity contribution in [1.82, 2.24) is 0 Å². The molecule has 2 aromatic rings. The molecule has 2 heteroatoms. The molecule has 0 radical (unpaired) electrons. The van der Waals surface area contributed by atoms with Crippen LogP contribution in [0.5, 0.6) is 0 Å². The van der Waals surface area contributed by atoms with Crippen molar-refractivity contribution in [3.8, 4) is 0 Å². The first kappa shape index (κ1) is 13.8. The second-order valence-corrected chi connectivity index (χ2v) is 5.65. The third kappa shape index (κ3) is 3.24. The number of aryl methyl sites for hydroxylation is 1. The van der Waals surface area contributed by atoms with Crippen LogP contribution in [0.15, 0.2) is 48.5 Å². The lowest BCUT2D eigenvalue weighted by atomic mass is 9.78. The van der Waals surface area contributed by atoms with Gasteiger partial charge in [0.1, 0.15) is 6.29 Å². The number of carbonyl (C=O) groups excluding carboxylic acids is 1. The number of benzene rings is 2. The molecule has 0 N–H and O–H groups in total. The quantitative estimate of drug-likeness (QED) is 0.757. The van der Waals surface area contributed by atoms with Gasteiger partial charge in [0.05, 0.1) is 5.41 Å². The summed E-state index contributed by atoms with van der Waals surface area (Å²) >= 11 is 6.02. The molecule has 0 aromatic heterocycles. The molecule has 0 aliphatic heterocycles. The molecule has 1 atom stereocenters. The molecule has 0 spiro atoms. The average Bonchev–Trinajstić information content (AvgIpc) is 2.38. The maximum Gasteiger partial charge on any atom is 0.130 e. The Bertz CT molecular complexity index is 591. The highest BCUT2D eigenvalue weighted by Crippen LogP contribution is 2.28. The maximum absolute atomic E-state index is 11.6. The van der Waals surface area contributed by atoms with Crippen molar-refractivity contribution in [3.63, 3.8) is 0 Å². The number of hydrogen-bond donors (Lipinski definition) is 0. The van der Waals surface area contributed by atoms with Gasteiger partial charge in [-0.05, 0) is 43.5 Å². The highest BCUT2D eigenvalue weighted by molar-refractivity contribution is 6.30. The summed E-state index contributed by atoms with van der Waals surface area (Å²) < 4.78 is 0. The smallest absolute Gasteiger partial charge is 0.130 e. The second kappa shape index (κ2) is 5.58. The van der Waals surface area contributed by atoms with Crippen LogP contribution in [0.2, 0.25) is 5.02 Å². The van der Waals surface area contributed by atoms with E-state index in [1.807, 2.05) is 37.3 Å². The van der Waals surface area contributed by atoms with Gasteiger partial charge in [-0.2, -0.15) is 0 Å². The first-order chi connectivity index (χ1) is 9.03. The molecule has 0 amide bonds. The zero-order valence-electron chi connectivity index (χ0n) is 11.2. The van der Waals surface area contributed by atoms with Crippen LogP contribution in [0.1, 0.15) is 23.6 Å². The molecule has 98 valence electrons. The monoisotopic (exact) mass is 272 g/mol. The fourth-order valence-electron chi connectivity index (χ4n) is 2.30. The number of hydrogen-bond acceptors (Lipinski definition) is 1. The van der Waals surface area contributed by atoms with Crippen molar-refractivity contribution in [2.45, 2.75) is 25.7 Å². The van der Waals surface area contributed by atoms with Crippen LogP contribution in [0.3, 0.4) is 0 Å². The summed E-state index contributed by atoms with van der Waals surface area (Å²) in [4.78, 5) is 11.6. The van der Waals surface area contributed by atoms with Crippen LogP contribution in [0, 0.1) is 6.92 Å². The Labute approximate surface area is 119 Å². The lowest BCUT2D eigenvalue weighted by molar-refractivity contribution is -0.112. The van der Waals surface area contributed by atoms with Crippen LogP contribution in [0.4, 0.5) is 0 Å². The Kier molecular flexibility index (Phi) is 4.06. The van der Waals surface area contributed by atoms with E-state index in [1.165, 1.54) is 5.56 Å². The molecule has 2 aromatic carbocycles. The number of halogens is 1.